The largest absolute Gasteiger partial charge is 0.478 e. The number of carbonyl (C=O) groups is 4. The quantitative estimate of drug-likeness (QED) is 0.125. The third kappa shape index (κ3) is 8.79. The number of amides is 2. The van der Waals surface area contributed by atoms with Gasteiger partial charge in [0.1, 0.15) is 28.8 Å². The van der Waals surface area contributed by atoms with E-state index in [1.165, 1.54) is 29.8 Å². The Morgan fingerprint density at radius 2 is 1.42 bits per heavy atom. The highest BCUT2D eigenvalue weighted by molar-refractivity contribution is 5.97. The summed E-state index contributed by atoms with van der Waals surface area (Å²) < 4.78 is 35.1. The predicted molar refractivity (Wildman–Crippen MR) is 275 cm³/mol. The van der Waals surface area contributed by atoms with E-state index in [4.69, 9.17) is 25.3 Å². The zero-order chi connectivity index (χ0) is 51.5. The molecule has 8 aromatic rings. The van der Waals surface area contributed by atoms with Gasteiger partial charge in [-0.05, 0) is 129 Å². The van der Waals surface area contributed by atoms with Crippen LogP contribution < -0.4 is 4.90 Å². The summed E-state index contributed by atoms with van der Waals surface area (Å²) in [6.07, 6.45) is 6.85. The highest BCUT2D eigenvalue weighted by atomic mass is 19.1. The number of fused-ring (bicyclic) bond motifs is 4. The third-order valence-corrected chi connectivity index (χ3v) is 15.4. The van der Waals surface area contributed by atoms with Crippen LogP contribution in [0.1, 0.15) is 106 Å². The lowest BCUT2D eigenvalue weighted by Gasteiger charge is -2.35. The molecule has 15 nitrogen and oxygen atoms in total. The summed E-state index contributed by atoms with van der Waals surface area (Å²) in [4.78, 5) is 67.5. The lowest BCUT2D eigenvalue weighted by Crippen LogP contribution is -2.39. The van der Waals surface area contributed by atoms with Crippen molar-refractivity contribution in [3.63, 3.8) is 0 Å². The van der Waals surface area contributed by atoms with Gasteiger partial charge in [-0.1, -0.05) is 49.4 Å². The number of halogens is 2. The molecule has 376 valence electrons. The van der Waals surface area contributed by atoms with Gasteiger partial charge >= 0.3 is 11.9 Å². The number of hydrogen-bond acceptors (Lipinski definition) is 9. The highest BCUT2D eigenvalue weighted by Gasteiger charge is 2.37. The molecule has 11 rings (SSSR count). The van der Waals surface area contributed by atoms with Crippen molar-refractivity contribution in [3.05, 3.63) is 154 Å². The molecule has 74 heavy (non-hydrogen) atoms. The molecule has 0 spiro atoms. The van der Waals surface area contributed by atoms with Crippen LogP contribution in [0.2, 0.25) is 0 Å². The molecule has 0 saturated carbocycles. The molecule has 4 aromatic carbocycles. The van der Waals surface area contributed by atoms with E-state index in [2.05, 4.69) is 24.0 Å². The first kappa shape index (κ1) is 48.0. The van der Waals surface area contributed by atoms with Crippen molar-refractivity contribution in [2.45, 2.75) is 71.4 Å². The Morgan fingerprint density at radius 3 is 2.19 bits per heavy atom. The second kappa shape index (κ2) is 19.3. The van der Waals surface area contributed by atoms with Crippen molar-refractivity contribution < 1.29 is 38.2 Å². The number of aromatic carboxylic acids is 1. The molecule has 2 N–H and O–H groups in total. The third-order valence-electron chi connectivity index (χ3n) is 15.4. The van der Waals surface area contributed by atoms with Gasteiger partial charge < -0.3 is 24.9 Å². The van der Waals surface area contributed by atoms with Gasteiger partial charge in [0, 0.05) is 78.7 Å². The van der Waals surface area contributed by atoms with E-state index in [9.17, 15) is 24.3 Å². The van der Waals surface area contributed by atoms with Crippen molar-refractivity contribution in [2.75, 3.05) is 31.1 Å². The molecule has 3 aliphatic rings. The fraction of sp³-hybridized carbons (Fsp3) is 0.298. The topological polar surface area (TPSA) is 179 Å². The molecule has 4 aromatic heterocycles. The zero-order valence-electron chi connectivity index (χ0n) is 41.1. The number of benzene rings is 4. The molecule has 0 radical (unpaired) electrons. The number of hydrogen-bond donors (Lipinski definition) is 2. The van der Waals surface area contributed by atoms with Crippen LogP contribution in [0.3, 0.4) is 0 Å². The van der Waals surface area contributed by atoms with Crippen LogP contribution in [0.25, 0.3) is 50.7 Å². The van der Waals surface area contributed by atoms with Gasteiger partial charge in [0.2, 0.25) is 0 Å². The van der Waals surface area contributed by atoms with Crippen LogP contribution in [-0.4, -0.2) is 105 Å². The lowest BCUT2D eigenvalue weighted by molar-refractivity contribution is -0.131. The molecule has 3 aliphatic heterocycles. The molecule has 2 amide bonds. The van der Waals surface area contributed by atoms with E-state index in [-0.39, 0.29) is 69.2 Å². The summed E-state index contributed by atoms with van der Waals surface area (Å²) in [6, 6.07) is 26.9. The maximum atomic E-state index is 16.1. The molecule has 17 heteroatoms. The number of likely N-dealkylation sites (tertiary alicyclic amines) is 1. The van der Waals surface area contributed by atoms with Gasteiger partial charge in [-0.3, -0.25) is 9.59 Å². The van der Waals surface area contributed by atoms with E-state index in [0.717, 1.165) is 49.4 Å². The monoisotopic (exact) mass is 997 g/mol. The summed E-state index contributed by atoms with van der Waals surface area (Å²) >= 11 is 0. The van der Waals surface area contributed by atoms with Crippen molar-refractivity contribution in [2.24, 2.45) is 11.8 Å². The lowest BCUT2D eigenvalue weighted by atomic mass is 9.85. The first-order valence-corrected chi connectivity index (χ1v) is 25.1. The van der Waals surface area contributed by atoms with Gasteiger partial charge in [0.05, 0.1) is 23.0 Å². The highest BCUT2D eigenvalue weighted by Crippen LogP contribution is 2.38. The second-order valence-electron chi connectivity index (χ2n) is 19.8. The molecular weight excluding hydrogens is 945 g/mol. The number of carbonyl (C=O) groups excluding carboxylic acids is 2. The van der Waals surface area contributed by atoms with Crippen LogP contribution >= 0.6 is 0 Å². The van der Waals surface area contributed by atoms with Crippen LogP contribution in [-0.2, 0) is 17.6 Å². The minimum atomic E-state index is -1.15. The Labute approximate surface area is 424 Å². The number of carboxylic acid groups (broad SMARTS) is 2. The first-order chi connectivity index (χ1) is 35.7. The molecule has 2 saturated heterocycles. The molecule has 7 heterocycles. The van der Waals surface area contributed by atoms with E-state index in [1.807, 2.05) is 35.8 Å². The summed E-state index contributed by atoms with van der Waals surface area (Å²) in [6.45, 7) is 8.46. The van der Waals surface area contributed by atoms with Crippen molar-refractivity contribution in [3.8, 4) is 22.5 Å². The standard InChI is InChI=1S/C57H53F2N9O6/c1-4-40-27-48(60-50-29-47(62-67(40)50)43-17-15-37-13-14-38(57(73)74)26-44(37)54(43)59)55(71)65-23-20-35(12-9-32(65)2)39-19-22-64(31-39)52-30-49(56(72)66-24-21-36-7-5-6-8-41(36)33(66)3)61-51-28-46(63-68(51)52)42-16-10-34(25-45(42)58)11-18-53(69)70/h5-8,10-11,13-18,25-30,32-33,35,39H,4,9,12,19-24,31H2,1-3H3,(H,69,70)(H,73,74)/b18-11+/t32-,33-,35?,39?/m1/s1. The Morgan fingerprint density at radius 1 is 0.716 bits per heavy atom. The van der Waals surface area contributed by atoms with Gasteiger partial charge in [0.15, 0.2) is 11.3 Å². The van der Waals surface area contributed by atoms with Crippen molar-refractivity contribution >= 4 is 57.7 Å². The number of aromatic nitrogens is 6. The van der Waals surface area contributed by atoms with E-state index in [1.54, 1.807) is 63.6 Å². The SMILES string of the molecule is CCc1cc(C(=O)N2CCC(C3CCN(c4cc(C(=O)N5CCc6ccccc6[C@H]5C)nc5cc(-c6ccc(/C=C/C(=O)O)cc6F)nn45)C3)CC[C@H]2C)nc2cc(-c3ccc4ccc(C(=O)O)cc4c3F)nn12. The molecular formula is C57H53F2N9O6. The summed E-state index contributed by atoms with van der Waals surface area (Å²) in [7, 11) is 0. The van der Waals surface area contributed by atoms with Crippen molar-refractivity contribution in [1.82, 2.24) is 39.0 Å². The maximum absolute atomic E-state index is 16.1. The Kier molecular flexibility index (Phi) is 12.5. The molecule has 2 fully saturated rings. The van der Waals surface area contributed by atoms with Gasteiger partial charge in [-0.2, -0.15) is 14.7 Å². The number of anilines is 1. The maximum Gasteiger partial charge on any atom is 0.335 e. The van der Waals surface area contributed by atoms with Gasteiger partial charge in [0.25, 0.3) is 11.8 Å². The Balaban J connectivity index is 0.846. The minimum absolute atomic E-state index is 0.0229. The summed E-state index contributed by atoms with van der Waals surface area (Å²) in [5, 5.41) is 29.0. The molecule has 2 unspecified atom stereocenters. The average molecular weight is 998 g/mol. The van der Waals surface area contributed by atoms with Crippen LogP contribution in [0, 0.1) is 23.5 Å². The molecule has 0 aliphatic carbocycles. The number of aliphatic carboxylic acids is 1. The minimum Gasteiger partial charge on any atom is -0.478 e. The zero-order valence-corrected chi connectivity index (χ0v) is 41.1. The van der Waals surface area contributed by atoms with Crippen LogP contribution in [0.15, 0.2) is 103 Å². The van der Waals surface area contributed by atoms with Crippen LogP contribution in [0.4, 0.5) is 14.6 Å². The number of nitrogens with zero attached hydrogens (tertiary/aromatic N) is 9. The number of aryl methyl sites for hydroxylation is 1. The van der Waals surface area contributed by atoms with E-state index >= 15 is 8.78 Å². The van der Waals surface area contributed by atoms with Gasteiger partial charge in [-0.15, -0.1) is 0 Å². The van der Waals surface area contributed by atoms with Crippen LogP contribution in [0.5, 0.6) is 0 Å². The molecule has 4 atom stereocenters. The first-order valence-electron chi connectivity index (χ1n) is 25.1. The smallest absolute Gasteiger partial charge is 0.335 e. The number of rotatable bonds is 10. The second-order valence-corrected chi connectivity index (χ2v) is 19.8. The fourth-order valence-corrected chi connectivity index (χ4v) is 11.4. The van der Waals surface area contributed by atoms with Crippen molar-refractivity contribution in [1.29, 1.82) is 0 Å². The van der Waals surface area contributed by atoms with E-state index in [0.29, 0.717) is 72.0 Å². The average Bonchev–Trinajstić information content (AvgIpc) is 4.15. The summed E-state index contributed by atoms with van der Waals surface area (Å²) in [5.41, 5.74) is 5.78. The summed E-state index contributed by atoms with van der Waals surface area (Å²) in [5.74, 6) is -2.65. The Bertz CT molecular complexity index is 3630. The Hall–Kier alpha value is -8.34. The molecule has 0 bridgehead atoms. The number of carboxylic acids is 2. The van der Waals surface area contributed by atoms with Gasteiger partial charge in [-0.25, -0.2) is 32.9 Å². The normalized spacial score (nSPS) is 19.2. The predicted octanol–water partition coefficient (Wildman–Crippen LogP) is 9.81. The van der Waals surface area contributed by atoms with E-state index < -0.39 is 23.6 Å². The fourth-order valence-electron chi connectivity index (χ4n) is 11.4.